The van der Waals surface area contributed by atoms with Crippen LogP contribution in [0.2, 0.25) is 10.3 Å². The van der Waals surface area contributed by atoms with Crippen LogP contribution in [0.25, 0.3) is 10.8 Å². The maximum Gasteiger partial charge on any atom is 0.255 e. The number of nitrogens with one attached hydrogen (secondary N) is 1. The zero-order valence-electron chi connectivity index (χ0n) is 10.7. The summed E-state index contributed by atoms with van der Waals surface area (Å²) < 4.78 is 0. The predicted octanol–water partition coefficient (Wildman–Crippen LogP) is 4.19. The van der Waals surface area contributed by atoms with Gasteiger partial charge in [-0.3, -0.25) is 9.78 Å². The van der Waals surface area contributed by atoms with Crippen molar-refractivity contribution in [3.8, 4) is 0 Å². The quantitative estimate of drug-likeness (QED) is 0.721. The number of fused-ring (bicyclic) bond motifs is 1. The smallest absolute Gasteiger partial charge is 0.255 e. The highest BCUT2D eigenvalue weighted by molar-refractivity contribution is 6.33. The molecule has 3 aromatic rings. The third kappa shape index (κ3) is 2.96. The number of anilines is 1. The molecular weight excluding hydrogens is 309 g/mol. The van der Waals surface area contributed by atoms with Crippen LogP contribution in [0.3, 0.4) is 0 Å². The van der Waals surface area contributed by atoms with Gasteiger partial charge >= 0.3 is 0 Å². The van der Waals surface area contributed by atoms with Crippen LogP contribution in [0.4, 0.5) is 5.69 Å². The molecular formula is C15H9Cl2N3O. The topological polar surface area (TPSA) is 54.9 Å². The van der Waals surface area contributed by atoms with Crippen LogP contribution in [-0.2, 0) is 0 Å². The number of aromatic nitrogens is 2. The minimum atomic E-state index is -0.300. The summed E-state index contributed by atoms with van der Waals surface area (Å²) in [7, 11) is 0. The number of carbonyl (C=O) groups excluding carboxylic acids is 1. The van der Waals surface area contributed by atoms with E-state index in [4.69, 9.17) is 23.2 Å². The van der Waals surface area contributed by atoms with Crippen molar-refractivity contribution in [2.24, 2.45) is 0 Å². The molecule has 0 bridgehead atoms. The summed E-state index contributed by atoms with van der Waals surface area (Å²) in [5.74, 6) is -0.300. The Kier molecular flexibility index (Phi) is 3.73. The van der Waals surface area contributed by atoms with E-state index >= 15 is 0 Å². The zero-order valence-corrected chi connectivity index (χ0v) is 12.2. The van der Waals surface area contributed by atoms with Crippen molar-refractivity contribution in [2.75, 3.05) is 5.32 Å². The Morgan fingerprint density at radius 2 is 1.86 bits per heavy atom. The molecule has 1 amide bonds. The lowest BCUT2D eigenvalue weighted by molar-refractivity contribution is 0.102. The third-order valence-corrected chi connectivity index (χ3v) is 3.34. The summed E-state index contributed by atoms with van der Waals surface area (Å²) in [6, 6.07) is 10.4. The van der Waals surface area contributed by atoms with E-state index in [0.29, 0.717) is 11.3 Å². The number of benzene rings is 1. The van der Waals surface area contributed by atoms with Crippen LogP contribution in [0.15, 0.2) is 48.8 Å². The molecule has 0 spiro atoms. The normalized spacial score (nSPS) is 10.6. The lowest BCUT2D eigenvalue weighted by Crippen LogP contribution is -2.12. The molecule has 1 aromatic carbocycles. The second kappa shape index (κ2) is 5.68. The summed E-state index contributed by atoms with van der Waals surface area (Å²) in [6.45, 7) is 0. The van der Waals surface area contributed by atoms with E-state index in [1.165, 1.54) is 12.1 Å². The van der Waals surface area contributed by atoms with E-state index in [-0.39, 0.29) is 16.2 Å². The largest absolute Gasteiger partial charge is 0.321 e. The number of amides is 1. The molecule has 0 aliphatic rings. The second-order valence-corrected chi connectivity index (χ2v) is 5.13. The van der Waals surface area contributed by atoms with Gasteiger partial charge in [-0.2, -0.15) is 0 Å². The van der Waals surface area contributed by atoms with Gasteiger partial charge in [-0.15, -0.1) is 0 Å². The van der Waals surface area contributed by atoms with Gasteiger partial charge in [0.1, 0.15) is 10.3 Å². The van der Waals surface area contributed by atoms with E-state index < -0.39 is 0 Å². The highest BCUT2D eigenvalue weighted by Crippen LogP contribution is 2.23. The van der Waals surface area contributed by atoms with Crippen LogP contribution >= 0.6 is 23.2 Å². The zero-order chi connectivity index (χ0) is 14.8. The van der Waals surface area contributed by atoms with Gasteiger partial charge in [0.25, 0.3) is 5.91 Å². The summed E-state index contributed by atoms with van der Waals surface area (Å²) in [6.07, 6.45) is 3.42. The Morgan fingerprint density at radius 1 is 1.10 bits per heavy atom. The van der Waals surface area contributed by atoms with Gasteiger partial charge in [-0.05, 0) is 24.3 Å². The summed E-state index contributed by atoms with van der Waals surface area (Å²) in [4.78, 5) is 20.2. The molecule has 2 heterocycles. The van der Waals surface area contributed by atoms with Crippen LogP contribution in [-0.4, -0.2) is 15.9 Å². The Hall–Kier alpha value is -2.17. The number of pyridine rings is 2. The molecule has 104 valence electrons. The summed E-state index contributed by atoms with van der Waals surface area (Å²) in [5.41, 5.74) is 1.05. The van der Waals surface area contributed by atoms with E-state index in [0.717, 1.165) is 10.8 Å². The molecule has 4 nitrogen and oxygen atoms in total. The average Bonchev–Trinajstić information content (AvgIpc) is 2.46. The number of carbonyl (C=O) groups is 1. The van der Waals surface area contributed by atoms with Gasteiger partial charge in [-0.1, -0.05) is 35.3 Å². The third-order valence-electron chi connectivity index (χ3n) is 2.95. The predicted molar refractivity (Wildman–Crippen MR) is 84.0 cm³/mol. The molecule has 21 heavy (non-hydrogen) atoms. The van der Waals surface area contributed by atoms with Crippen molar-refractivity contribution < 1.29 is 4.79 Å². The molecule has 0 unspecified atom stereocenters. The highest BCUT2D eigenvalue weighted by Gasteiger charge is 2.10. The fourth-order valence-corrected chi connectivity index (χ4v) is 2.48. The first-order valence-electron chi connectivity index (χ1n) is 6.11. The fraction of sp³-hybridized carbons (Fsp3) is 0. The Labute approximate surface area is 130 Å². The molecule has 0 aliphatic heterocycles. The molecule has 0 fully saturated rings. The monoisotopic (exact) mass is 317 g/mol. The average molecular weight is 318 g/mol. The maximum atomic E-state index is 12.3. The minimum Gasteiger partial charge on any atom is -0.321 e. The molecule has 0 saturated carbocycles. The van der Waals surface area contributed by atoms with Gasteiger partial charge in [0.2, 0.25) is 0 Å². The van der Waals surface area contributed by atoms with Crippen LogP contribution in [0.1, 0.15) is 10.4 Å². The molecule has 3 rings (SSSR count). The van der Waals surface area contributed by atoms with Crippen molar-refractivity contribution in [3.63, 3.8) is 0 Å². The van der Waals surface area contributed by atoms with Crippen LogP contribution in [0.5, 0.6) is 0 Å². The first kappa shape index (κ1) is 13.8. The van der Waals surface area contributed by atoms with Gasteiger partial charge in [0.15, 0.2) is 0 Å². The van der Waals surface area contributed by atoms with E-state index in [9.17, 15) is 4.79 Å². The van der Waals surface area contributed by atoms with Gasteiger partial charge < -0.3 is 5.32 Å². The number of hydrogen-bond acceptors (Lipinski definition) is 3. The summed E-state index contributed by atoms with van der Waals surface area (Å²) >= 11 is 11.6. The Bertz CT molecular complexity index is 811. The molecule has 1 N–H and O–H groups in total. The Balaban J connectivity index is 1.96. The second-order valence-electron chi connectivity index (χ2n) is 4.36. The van der Waals surface area contributed by atoms with Crippen molar-refractivity contribution in [3.05, 3.63) is 64.7 Å². The molecule has 6 heteroatoms. The molecule has 0 radical (unpaired) electrons. The number of hydrogen-bond donors (Lipinski definition) is 1. The number of nitrogens with zero attached hydrogens (tertiary/aromatic N) is 2. The molecule has 0 aliphatic carbocycles. The van der Waals surface area contributed by atoms with Gasteiger partial charge in [0, 0.05) is 34.4 Å². The minimum absolute atomic E-state index is 0.176. The van der Waals surface area contributed by atoms with Crippen LogP contribution < -0.4 is 5.32 Å². The first-order chi connectivity index (χ1) is 10.1. The van der Waals surface area contributed by atoms with Crippen molar-refractivity contribution in [2.45, 2.75) is 0 Å². The first-order valence-corrected chi connectivity index (χ1v) is 6.86. The lowest BCUT2D eigenvalue weighted by atomic mass is 10.1. The standard InChI is InChI=1S/C15H9Cl2N3O/c16-13-6-10(7-14(17)20-13)15(21)19-12-3-1-2-9-8-18-5-4-11(9)12/h1-8H,(H,19,21). The van der Waals surface area contributed by atoms with Gasteiger partial charge in [0.05, 0.1) is 0 Å². The van der Waals surface area contributed by atoms with Crippen LogP contribution in [0, 0.1) is 0 Å². The Morgan fingerprint density at radius 3 is 2.62 bits per heavy atom. The SMILES string of the molecule is O=C(Nc1cccc2cnccc12)c1cc(Cl)nc(Cl)c1. The number of rotatable bonds is 2. The van der Waals surface area contributed by atoms with E-state index in [1.807, 2.05) is 24.3 Å². The van der Waals surface area contributed by atoms with Gasteiger partial charge in [-0.25, -0.2) is 4.98 Å². The lowest BCUT2D eigenvalue weighted by Gasteiger charge is -2.09. The molecule has 0 atom stereocenters. The summed E-state index contributed by atoms with van der Waals surface area (Å²) in [5, 5.41) is 5.05. The molecule has 2 aromatic heterocycles. The molecule has 0 saturated heterocycles. The fourth-order valence-electron chi connectivity index (χ4n) is 2.02. The number of halogens is 2. The van der Waals surface area contributed by atoms with Crippen molar-refractivity contribution >= 4 is 45.6 Å². The van der Waals surface area contributed by atoms with E-state index in [2.05, 4.69) is 15.3 Å². The highest BCUT2D eigenvalue weighted by atomic mass is 35.5. The van der Waals surface area contributed by atoms with Crippen molar-refractivity contribution in [1.29, 1.82) is 0 Å². The van der Waals surface area contributed by atoms with E-state index in [1.54, 1.807) is 12.4 Å². The van der Waals surface area contributed by atoms with Crippen molar-refractivity contribution in [1.82, 2.24) is 9.97 Å². The maximum absolute atomic E-state index is 12.3.